The average molecular weight is 265 g/mol. The number of nitrogens with zero attached hydrogens (tertiary/aromatic N) is 3. The molecule has 6 heteroatoms. The van der Waals surface area contributed by atoms with E-state index in [2.05, 4.69) is 14.8 Å². The number of aromatic nitrogens is 1. The van der Waals surface area contributed by atoms with Crippen molar-refractivity contribution in [2.75, 3.05) is 49.1 Å². The molecule has 0 aliphatic carbocycles. The number of nitrogen functional groups attached to an aromatic ring is 2. The minimum atomic E-state index is -0.647. The van der Waals surface area contributed by atoms with Crippen LogP contribution in [0, 0.1) is 0 Å². The lowest BCUT2D eigenvalue weighted by Crippen LogP contribution is -2.50. The van der Waals surface area contributed by atoms with Gasteiger partial charge in [-0.3, -0.25) is 4.90 Å². The van der Waals surface area contributed by atoms with Crippen LogP contribution in [0.25, 0.3) is 0 Å². The zero-order valence-electron chi connectivity index (χ0n) is 11.6. The highest BCUT2D eigenvalue weighted by molar-refractivity contribution is 5.62. The summed E-state index contributed by atoms with van der Waals surface area (Å²) in [6.45, 7) is 7.95. The molecule has 1 aliphatic rings. The van der Waals surface area contributed by atoms with Gasteiger partial charge < -0.3 is 21.5 Å². The van der Waals surface area contributed by atoms with Crippen LogP contribution in [0.15, 0.2) is 12.1 Å². The van der Waals surface area contributed by atoms with Gasteiger partial charge in [-0.1, -0.05) is 0 Å². The maximum absolute atomic E-state index is 9.82. The Balaban J connectivity index is 1.94. The first-order chi connectivity index (χ1) is 8.85. The molecule has 0 amide bonds. The van der Waals surface area contributed by atoms with E-state index in [4.69, 9.17) is 11.5 Å². The summed E-state index contributed by atoms with van der Waals surface area (Å²) in [4.78, 5) is 8.76. The number of anilines is 3. The third-order valence-corrected chi connectivity index (χ3v) is 3.25. The van der Waals surface area contributed by atoms with E-state index in [1.165, 1.54) is 0 Å². The Labute approximate surface area is 114 Å². The van der Waals surface area contributed by atoms with Crippen molar-refractivity contribution in [1.82, 2.24) is 9.88 Å². The molecule has 0 atom stereocenters. The van der Waals surface area contributed by atoms with Gasteiger partial charge in [-0.25, -0.2) is 4.98 Å². The van der Waals surface area contributed by atoms with Crippen LogP contribution in [0.5, 0.6) is 0 Å². The van der Waals surface area contributed by atoms with Crippen LogP contribution in [-0.2, 0) is 0 Å². The maximum Gasteiger partial charge on any atom is 0.149 e. The van der Waals surface area contributed by atoms with Gasteiger partial charge in [0.05, 0.1) is 11.3 Å². The van der Waals surface area contributed by atoms with Crippen LogP contribution in [0.4, 0.5) is 17.3 Å². The number of rotatable bonds is 3. The summed E-state index contributed by atoms with van der Waals surface area (Å²) in [7, 11) is 0. The Kier molecular flexibility index (Phi) is 3.82. The van der Waals surface area contributed by atoms with E-state index in [9.17, 15) is 5.11 Å². The zero-order chi connectivity index (χ0) is 14.0. The van der Waals surface area contributed by atoms with E-state index in [0.29, 0.717) is 18.1 Å². The minimum absolute atomic E-state index is 0.386. The van der Waals surface area contributed by atoms with Crippen molar-refractivity contribution >= 4 is 17.3 Å². The predicted octanol–water partition coefficient (Wildman–Crippen LogP) is 0.139. The Bertz CT molecular complexity index is 435. The molecule has 19 heavy (non-hydrogen) atoms. The van der Waals surface area contributed by atoms with Crippen molar-refractivity contribution in [3.63, 3.8) is 0 Å². The molecule has 1 saturated heterocycles. The fourth-order valence-corrected chi connectivity index (χ4v) is 2.33. The summed E-state index contributed by atoms with van der Waals surface area (Å²) < 4.78 is 0. The van der Waals surface area contributed by atoms with Crippen molar-refractivity contribution < 1.29 is 5.11 Å². The highest BCUT2D eigenvalue weighted by Crippen LogP contribution is 2.20. The van der Waals surface area contributed by atoms with Gasteiger partial charge in [0.25, 0.3) is 0 Å². The highest BCUT2D eigenvalue weighted by atomic mass is 16.3. The first-order valence-corrected chi connectivity index (χ1v) is 6.57. The number of β-amino-alcohol motifs (C(OH)–C–C–N with tert-alkyl or cyclic N) is 1. The zero-order valence-corrected chi connectivity index (χ0v) is 11.6. The first kappa shape index (κ1) is 13.9. The molecular weight excluding hydrogens is 242 g/mol. The molecule has 0 radical (unpaired) electrons. The quantitative estimate of drug-likeness (QED) is 0.720. The lowest BCUT2D eigenvalue weighted by molar-refractivity contribution is 0.0345. The number of pyridine rings is 1. The van der Waals surface area contributed by atoms with Crippen molar-refractivity contribution in [2.24, 2.45) is 0 Å². The lowest BCUT2D eigenvalue weighted by Gasteiger charge is -2.37. The van der Waals surface area contributed by atoms with Gasteiger partial charge >= 0.3 is 0 Å². The highest BCUT2D eigenvalue weighted by Gasteiger charge is 2.23. The topological polar surface area (TPSA) is 91.6 Å². The smallest absolute Gasteiger partial charge is 0.149 e. The Morgan fingerprint density at radius 1 is 1.21 bits per heavy atom. The largest absolute Gasteiger partial charge is 0.396 e. The van der Waals surface area contributed by atoms with Gasteiger partial charge in [0.1, 0.15) is 11.6 Å². The summed E-state index contributed by atoms with van der Waals surface area (Å²) >= 11 is 0. The molecule has 1 aromatic heterocycles. The standard InChI is InChI=1S/C13H23N5O/c1-13(2,19)9-17-5-7-18(8-6-17)11-4-3-10(14)12(15)16-11/h3-4,19H,5-9,14H2,1-2H3,(H2,15,16). The second-order valence-corrected chi connectivity index (χ2v) is 5.72. The van der Waals surface area contributed by atoms with Crippen LogP contribution < -0.4 is 16.4 Å². The normalized spacial score (nSPS) is 17.7. The second kappa shape index (κ2) is 5.22. The second-order valence-electron chi connectivity index (χ2n) is 5.72. The van der Waals surface area contributed by atoms with E-state index in [1.54, 1.807) is 6.07 Å². The molecule has 0 saturated carbocycles. The van der Waals surface area contributed by atoms with Crippen LogP contribution >= 0.6 is 0 Å². The number of aliphatic hydroxyl groups is 1. The maximum atomic E-state index is 9.82. The van der Waals surface area contributed by atoms with Gasteiger partial charge in [-0.2, -0.15) is 0 Å². The van der Waals surface area contributed by atoms with Crippen LogP contribution in [0.3, 0.4) is 0 Å². The van der Waals surface area contributed by atoms with E-state index < -0.39 is 5.60 Å². The van der Waals surface area contributed by atoms with E-state index >= 15 is 0 Å². The SMILES string of the molecule is CC(C)(O)CN1CCN(c2ccc(N)c(N)n2)CC1. The summed E-state index contributed by atoms with van der Waals surface area (Å²) in [5.74, 6) is 1.26. The summed E-state index contributed by atoms with van der Waals surface area (Å²) in [5.41, 5.74) is 11.3. The van der Waals surface area contributed by atoms with Gasteiger partial charge in [0.2, 0.25) is 0 Å². The minimum Gasteiger partial charge on any atom is -0.396 e. The third kappa shape index (κ3) is 3.71. The van der Waals surface area contributed by atoms with Crippen LogP contribution in [0.2, 0.25) is 0 Å². The Hall–Kier alpha value is -1.53. The van der Waals surface area contributed by atoms with E-state index in [0.717, 1.165) is 32.0 Å². The lowest BCUT2D eigenvalue weighted by atomic mass is 10.1. The van der Waals surface area contributed by atoms with Crippen LogP contribution in [-0.4, -0.2) is 53.3 Å². The van der Waals surface area contributed by atoms with Crippen molar-refractivity contribution in [3.05, 3.63) is 12.1 Å². The molecule has 1 aromatic rings. The number of nitrogens with two attached hydrogens (primary N) is 2. The molecule has 6 nitrogen and oxygen atoms in total. The van der Waals surface area contributed by atoms with E-state index in [1.807, 2.05) is 19.9 Å². The Morgan fingerprint density at radius 2 is 1.84 bits per heavy atom. The molecular formula is C13H23N5O. The van der Waals surface area contributed by atoms with Crippen LogP contribution in [0.1, 0.15) is 13.8 Å². The van der Waals surface area contributed by atoms with Gasteiger partial charge in [-0.15, -0.1) is 0 Å². The molecule has 0 aromatic carbocycles. The third-order valence-electron chi connectivity index (χ3n) is 3.25. The number of hydrogen-bond donors (Lipinski definition) is 3. The predicted molar refractivity (Wildman–Crippen MR) is 78.0 cm³/mol. The fraction of sp³-hybridized carbons (Fsp3) is 0.615. The Morgan fingerprint density at radius 3 is 2.37 bits per heavy atom. The monoisotopic (exact) mass is 265 g/mol. The molecule has 1 fully saturated rings. The van der Waals surface area contributed by atoms with Gasteiger partial charge in [-0.05, 0) is 26.0 Å². The molecule has 0 bridgehead atoms. The van der Waals surface area contributed by atoms with Crippen molar-refractivity contribution in [3.8, 4) is 0 Å². The first-order valence-electron chi connectivity index (χ1n) is 6.57. The molecule has 0 unspecified atom stereocenters. The molecule has 0 spiro atoms. The number of piperazine rings is 1. The molecule has 2 rings (SSSR count). The fourth-order valence-electron chi connectivity index (χ4n) is 2.33. The summed E-state index contributed by atoms with van der Waals surface area (Å²) in [5, 5.41) is 9.82. The summed E-state index contributed by atoms with van der Waals surface area (Å²) in [6.07, 6.45) is 0. The van der Waals surface area contributed by atoms with Gasteiger partial charge in [0.15, 0.2) is 0 Å². The van der Waals surface area contributed by atoms with Crippen molar-refractivity contribution in [1.29, 1.82) is 0 Å². The van der Waals surface area contributed by atoms with Crippen molar-refractivity contribution in [2.45, 2.75) is 19.4 Å². The molecule has 2 heterocycles. The van der Waals surface area contributed by atoms with E-state index in [-0.39, 0.29) is 0 Å². The molecule has 106 valence electrons. The molecule has 1 aliphatic heterocycles. The summed E-state index contributed by atoms with van der Waals surface area (Å²) in [6, 6.07) is 3.69. The molecule has 5 N–H and O–H groups in total. The van der Waals surface area contributed by atoms with Gasteiger partial charge in [0, 0.05) is 32.7 Å². The average Bonchev–Trinajstić information content (AvgIpc) is 2.32. The number of hydrogen-bond acceptors (Lipinski definition) is 6.